The third-order valence-corrected chi connectivity index (χ3v) is 6.90. The first kappa shape index (κ1) is 26.8. The number of anilines is 1. The molecule has 0 fully saturated rings. The summed E-state index contributed by atoms with van der Waals surface area (Å²) in [5.74, 6) is -3.36. The molecule has 190 valence electrons. The highest BCUT2D eigenvalue weighted by molar-refractivity contribution is 14.1. The highest BCUT2D eigenvalue weighted by atomic mass is 127. The van der Waals surface area contributed by atoms with Crippen molar-refractivity contribution < 1.29 is 16.6 Å². The fourth-order valence-electron chi connectivity index (χ4n) is 4.04. The average molecular weight is 613 g/mol. The van der Waals surface area contributed by atoms with Crippen molar-refractivity contribution in [1.29, 1.82) is 0 Å². The highest BCUT2D eigenvalue weighted by Gasteiger charge is 2.39. The Morgan fingerprint density at radius 1 is 0.973 bits per heavy atom. The molecule has 0 aliphatic carbocycles. The molecular formula is C29H26F2IN3O2. The minimum atomic E-state index is -3.12. The predicted molar refractivity (Wildman–Crippen MR) is 150 cm³/mol. The van der Waals surface area contributed by atoms with Crippen LogP contribution in [0.25, 0.3) is 22.5 Å². The molecule has 1 heterocycles. The second kappa shape index (κ2) is 11.9. The number of nitrogens with zero attached hydrogens (tertiary/aromatic N) is 2. The number of alkyl halides is 2. The Balaban J connectivity index is 1.45. The lowest BCUT2D eigenvalue weighted by atomic mass is 9.98. The smallest absolute Gasteiger partial charge is 0.299 e. The molecule has 1 aromatic heterocycles. The Kier molecular flexibility index (Phi) is 8.60. The molecule has 1 N–H and O–H groups in total. The number of rotatable bonds is 9. The van der Waals surface area contributed by atoms with Crippen LogP contribution >= 0.6 is 23.0 Å². The molecule has 4 aromatic rings. The summed E-state index contributed by atoms with van der Waals surface area (Å²) < 4.78 is 33.4. The van der Waals surface area contributed by atoms with Crippen LogP contribution in [-0.2, 0) is 26.6 Å². The van der Waals surface area contributed by atoms with Crippen LogP contribution in [0, 0.1) is 0 Å². The molecule has 0 spiro atoms. The highest BCUT2D eigenvalue weighted by Crippen LogP contribution is 2.35. The van der Waals surface area contributed by atoms with Crippen molar-refractivity contribution >= 4 is 34.6 Å². The molecule has 0 aliphatic heterocycles. The number of carbonyl (C=O) groups excluding carboxylic acids is 1. The van der Waals surface area contributed by atoms with Crippen LogP contribution in [-0.4, -0.2) is 22.0 Å². The van der Waals surface area contributed by atoms with E-state index in [0.717, 1.165) is 28.9 Å². The summed E-state index contributed by atoms with van der Waals surface area (Å²) in [6, 6.07) is 21.3. The number of hydrogen-bond donors (Lipinski definition) is 1. The lowest BCUT2D eigenvalue weighted by Gasteiger charge is -2.21. The average Bonchev–Trinajstić information content (AvgIpc) is 2.93. The maximum atomic E-state index is 14.3. The molecule has 0 saturated heterocycles. The molecular weight excluding hydrogens is 587 g/mol. The van der Waals surface area contributed by atoms with E-state index in [1.165, 1.54) is 59.8 Å². The Morgan fingerprint density at radius 2 is 1.62 bits per heavy atom. The molecule has 37 heavy (non-hydrogen) atoms. The summed E-state index contributed by atoms with van der Waals surface area (Å²) in [7, 11) is 0. The van der Waals surface area contributed by atoms with E-state index in [-0.39, 0.29) is 17.9 Å². The predicted octanol–water partition coefficient (Wildman–Crippen LogP) is 7.40. The largest absolute Gasteiger partial charge is 0.326 e. The zero-order valence-corrected chi connectivity index (χ0v) is 22.6. The summed E-state index contributed by atoms with van der Waals surface area (Å²) in [6.07, 6.45) is 3.04. The Morgan fingerprint density at radius 3 is 2.27 bits per heavy atom. The molecule has 1 amide bonds. The van der Waals surface area contributed by atoms with E-state index in [1.54, 1.807) is 12.4 Å². The number of aryl methyl sites for hydroxylation is 1. The summed E-state index contributed by atoms with van der Waals surface area (Å²) in [4.78, 5) is 21.8. The summed E-state index contributed by atoms with van der Waals surface area (Å²) in [6.45, 7) is 3.42. The van der Waals surface area contributed by atoms with Gasteiger partial charge in [-0.2, -0.15) is 8.78 Å². The van der Waals surface area contributed by atoms with E-state index in [0.29, 0.717) is 11.3 Å². The summed E-state index contributed by atoms with van der Waals surface area (Å²) in [5.41, 5.74) is 5.81. The maximum absolute atomic E-state index is 14.3. The number of carbonyl (C=O) groups is 1. The van der Waals surface area contributed by atoms with Crippen LogP contribution in [0.3, 0.4) is 0 Å². The molecule has 0 unspecified atom stereocenters. The SMILES string of the molecule is CCc1ccccc1-c1nccnc1-c1ccc(NC(=O)Cc2ccc(C(F)(F)[C@H](C)OI)cc2)cc1. The van der Waals surface area contributed by atoms with Crippen LogP contribution < -0.4 is 5.32 Å². The number of amides is 1. The van der Waals surface area contributed by atoms with Gasteiger partial charge in [0.15, 0.2) is 0 Å². The van der Waals surface area contributed by atoms with Gasteiger partial charge in [-0.1, -0.05) is 67.6 Å². The van der Waals surface area contributed by atoms with E-state index in [1.807, 2.05) is 42.5 Å². The Labute approximate surface area is 229 Å². The third kappa shape index (κ3) is 6.19. The first-order chi connectivity index (χ1) is 17.8. The Hall–Kier alpha value is -3.24. The van der Waals surface area contributed by atoms with Gasteiger partial charge >= 0.3 is 0 Å². The van der Waals surface area contributed by atoms with Crippen molar-refractivity contribution in [2.75, 3.05) is 5.32 Å². The first-order valence-corrected chi connectivity index (χ1v) is 12.8. The van der Waals surface area contributed by atoms with Crippen LogP contribution in [0.5, 0.6) is 0 Å². The van der Waals surface area contributed by atoms with Gasteiger partial charge in [0.25, 0.3) is 5.92 Å². The second-order valence-corrected chi connectivity index (χ2v) is 9.13. The molecule has 1 atom stereocenters. The standard InChI is InChI=1S/C29H26F2IN3O2/c1-3-21-6-4-5-7-25(21)28-27(33-16-17-34-28)22-10-14-24(15-11-22)35-26(36)18-20-8-12-23(13-9-20)29(30,31)19(2)37-32/h4-17,19H,3,18H2,1-2H3,(H,35,36)/t19-/m0/s1. The van der Waals surface area contributed by atoms with Gasteiger partial charge in [-0.15, -0.1) is 0 Å². The molecule has 0 saturated carbocycles. The van der Waals surface area contributed by atoms with Crippen molar-refractivity contribution in [1.82, 2.24) is 9.97 Å². The molecule has 4 rings (SSSR count). The van der Waals surface area contributed by atoms with Gasteiger partial charge in [0, 0.05) is 34.8 Å². The van der Waals surface area contributed by atoms with E-state index in [4.69, 9.17) is 3.07 Å². The van der Waals surface area contributed by atoms with Gasteiger partial charge in [-0.05, 0) is 36.6 Å². The lowest BCUT2D eigenvalue weighted by molar-refractivity contribution is -0.115. The minimum absolute atomic E-state index is 0.0635. The molecule has 0 aliphatic rings. The van der Waals surface area contributed by atoms with Crippen LogP contribution in [0.1, 0.15) is 30.5 Å². The summed E-state index contributed by atoms with van der Waals surface area (Å²) >= 11 is 1.47. The molecule has 8 heteroatoms. The van der Waals surface area contributed by atoms with Crippen molar-refractivity contribution in [2.45, 2.75) is 38.7 Å². The van der Waals surface area contributed by atoms with Gasteiger partial charge in [-0.25, -0.2) is 0 Å². The van der Waals surface area contributed by atoms with Crippen LogP contribution in [0.4, 0.5) is 14.5 Å². The number of halogens is 3. The number of aromatic nitrogens is 2. The van der Waals surface area contributed by atoms with Crippen LogP contribution in [0.2, 0.25) is 0 Å². The molecule has 0 bridgehead atoms. The van der Waals surface area contributed by atoms with E-state index >= 15 is 0 Å². The van der Waals surface area contributed by atoms with Crippen molar-refractivity contribution in [3.63, 3.8) is 0 Å². The zero-order chi connectivity index (χ0) is 26.4. The number of benzene rings is 3. The van der Waals surface area contributed by atoms with Gasteiger partial charge in [0.05, 0.1) is 17.8 Å². The Bertz CT molecular complexity index is 1360. The van der Waals surface area contributed by atoms with Gasteiger partial charge < -0.3 is 8.38 Å². The fourth-order valence-corrected chi connectivity index (χ4v) is 4.36. The molecule has 5 nitrogen and oxygen atoms in total. The van der Waals surface area contributed by atoms with Crippen LogP contribution in [0.15, 0.2) is 85.2 Å². The third-order valence-electron chi connectivity index (χ3n) is 6.14. The van der Waals surface area contributed by atoms with E-state index in [2.05, 4.69) is 28.3 Å². The minimum Gasteiger partial charge on any atom is -0.326 e. The lowest BCUT2D eigenvalue weighted by Crippen LogP contribution is -2.28. The number of hydrogen-bond acceptors (Lipinski definition) is 4. The monoisotopic (exact) mass is 613 g/mol. The van der Waals surface area contributed by atoms with Crippen molar-refractivity contribution in [2.24, 2.45) is 0 Å². The van der Waals surface area contributed by atoms with Gasteiger partial charge in [0.1, 0.15) is 29.1 Å². The van der Waals surface area contributed by atoms with Gasteiger partial charge in [-0.3, -0.25) is 14.8 Å². The van der Waals surface area contributed by atoms with E-state index in [9.17, 15) is 13.6 Å². The quantitative estimate of drug-likeness (QED) is 0.200. The molecule has 0 radical (unpaired) electrons. The number of nitrogens with one attached hydrogen (secondary N) is 1. The van der Waals surface area contributed by atoms with Gasteiger partial charge in [0.2, 0.25) is 5.91 Å². The van der Waals surface area contributed by atoms with Crippen molar-refractivity contribution in [3.8, 4) is 22.5 Å². The van der Waals surface area contributed by atoms with E-state index < -0.39 is 12.0 Å². The summed E-state index contributed by atoms with van der Waals surface area (Å²) in [5, 5.41) is 2.86. The topological polar surface area (TPSA) is 64.1 Å². The normalized spacial score (nSPS) is 12.2. The zero-order valence-electron chi connectivity index (χ0n) is 20.4. The van der Waals surface area contributed by atoms with Crippen molar-refractivity contribution in [3.05, 3.63) is 102 Å². The maximum Gasteiger partial charge on any atom is 0.299 e. The second-order valence-electron chi connectivity index (χ2n) is 8.62. The fraction of sp³-hybridized carbons (Fsp3) is 0.207. The first-order valence-electron chi connectivity index (χ1n) is 11.9. The molecule has 3 aromatic carbocycles.